The van der Waals surface area contributed by atoms with Crippen LogP contribution >= 0.6 is 11.9 Å². The van der Waals surface area contributed by atoms with Crippen LogP contribution in [0.4, 0.5) is 10.1 Å². The molecule has 0 saturated heterocycles. The van der Waals surface area contributed by atoms with Crippen LogP contribution in [0.2, 0.25) is 0 Å². The summed E-state index contributed by atoms with van der Waals surface area (Å²) in [5, 5.41) is 22.0. The van der Waals surface area contributed by atoms with Gasteiger partial charge >= 0.3 is 0 Å². The molecule has 0 bridgehead atoms. The molecule has 4 rings (SSSR count). The van der Waals surface area contributed by atoms with Gasteiger partial charge in [-0.05, 0) is 48.9 Å². The van der Waals surface area contributed by atoms with Gasteiger partial charge in [0.05, 0.1) is 22.6 Å². The minimum atomic E-state index is -0.640. The highest BCUT2D eigenvalue weighted by Crippen LogP contribution is 2.39. The molecule has 2 heterocycles. The van der Waals surface area contributed by atoms with Crippen LogP contribution in [-0.4, -0.2) is 34.3 Å². The molecule has 0 radical (unpaired) electrons. The summed E-state index contributed by atoms with van der Waals surface area (Å²) in [6.45, 7) is 0.247. The summed E-state index contributed by atoms with van der Waals surface area (Å²) in [5.74, 6) is -0.327. The minimum absolute atomic E-state index is 0.142. The van der Waals surface area contributed by atoms with E-state index in [-0.39, 0.29) is 18.2 Å². The Morgan fingerprint density at radius 2 is 2.32 bits per heavy atom. The third-order valence-corrected chi connectivity index (χ3v) is 5.84. The first-order valence-corrected chi connectivity index (χ1v) is 9.73. The van der Waals surface area contributed by atoms with Crippen molar-refractivity contribution >= 4 is 23.5 Å². The van der Waals surface area contributed by atoms with Crippen LogP contribution < -0.4 is 14.8 Å². The third kappa shape index (κ3) is 3.58. The van der Waals surface area contributed by atoms with Gasteiger partial charge in [-0.15, -0.1) is 0 Å². The van der Waals surface area contributed by atoms with E-state index in [2.05, 4.69) is 10.0 Å². The van der Waals surface area contributed by atoms with Crippen molar-refractivity contribution in [1.29, 1.82) is 5.26 Å². The number of fused-ring (bicyclic) bond motifs is 1. The van der Waals surface area contributed by atoms with Crippen molar-refractivity contribution < 1.29 is 19.0 Å². The summed E-state index contributed by atoms with van der Waals surface area (Å²) in [6, 6.07) is 5.35. The number of hydrogen-bond acceptors (Lipinski definition) is 6. The van der Waals surface area contributed by atoms with Crippen molar-refractivity contribution in [2.45, 2.75) is 29.9 Å². The van der Waals surface area contributed by atoms with Gasteiger partial charge in [0.2, 0.25) is 0 Å². The number of carbonyl (C=O) groups excluding carboxylic acids is 1. The van der Waals surface area contributed by atoms with Crippen LogP contribution in [0.5, 0.6) is 5.75 Å². The maximum Gasteiger partial charge on any atom is 0.276 e. The van der Waals surface area contributed by atoms with Gasteiger partial charge in [0, 0.05) is 18.9 Å². The van der Waals surface area contributed by atoms with Gasteiger partial charge < -0.3 is 19.7 Å². The molecule has 146 valence electrons. The van der Waals surface area contributed by atoms with Crippen molar-refractivity contribution in [2.24, 2.45) is 13.0 Å². The Morgan fingerprint density at radius 1 is 1.54 bits per heavy atom. The Balaban J connectivity index is 1.54. The molecule has 28 heavy (non-hydrogen) atoms. The van der Waals surface area contributed by atoms with E-state index in [9.17, 15) is 14.3 Å². The van der Waals surface area contributed by atoms with E-state index in [1.54, 1.807) is 23.9 Å². The molecule has 1 aromatic heterocycles. The second-order valence-corrected chi connectivity index (χ2v) is 7.89. The number of aliphatic hydroxyl groups is 1. The lowest BCUT2D eigenvalue weighted by molar-refractivity contribution is 0.0906. The number of halogens is 1. The highest BCUT2D eigenvalue weighted by atomic mass is 32.2. The minimum Gasteiger partial charge on any atom is -0.488 e. The quantitative estimate of drug-likeness (QED) is 0.680. The molecule has 9 heteroatoms. The number of ether oxygens (including phenoxy) is 1. The summed E-state index contributed by atoms with van der Waals surface area (Å²) in [4.78, 5) is 13.6. The number of nitrogens with zero attached hydrogens (tertiary/aromatic N) is 2. The lowest BCUT2D eigenvalue weighted by atomic mass is 10.1. The number of aliphatic hydroxyl groups excluding tert-OH is 1. The lowest BCUT2D eigenvalue weighted by Crippen LogP contribution is -2.41. The van der Waals surface area contributed by atoms with Gasteiger partial charge in [-0.1, -0.05) is 0 Å². The zero-order chi connectivity index (χ0) is 19.8. The standard InChI is InChI=1S/C19H19FN4O3S/c1-24-8-15-18(27-9-14(23-28-15)17(25)10-2-3-10)16(24)19(26)22-12-4-5-13(20)11(6-12)7-21/h4-6,8,10,14,17,23,25H,2-3,9H2,1H3,(H,22,26). The lowest BCUT2D eigenvalue weighted by Gasteiger charge is -2.21. The fraction of sp³-hybridized carbons (Fsp3) is 0.368. The Hall–Kier alpha value is -2.54. The molecule has 1 amide bonds. The number of carbonyl (C=O) groups is 1. The van der Waals surface area contributed by atoms with Gasteiger partial charge in [0.1, 0.15) is 18.5 Å². The van der Waals surface area contributed by atoms with Crippen molar-refractivity contribution in [3.8, 4) is 11.8 Å². The Kier molecular flexibility index (Phi) is 5.02. The highest BCUT2D eigenvalue weighted by molar-refractivity contribution is 7.97. The summed E-state index contributed by atoms with van der Waals surface area (Å²) >= 11 is 1.33. The topological polar surface area (TPSA) is 99.3 Å². The molecule has 1 fully saturated rings. The van der Waals surface area contributed by atoms with Crippen LogP contribution in [0.15, 0.2) is 29.3 Å². The second kappa shape index (κ2) is 7.47. The van der Waals surface area contributed by atoms with Crippen LogP contribution in [0.3, 0.4) is 0 Å². The Labute approximate surface area is 165 Å². The van der Waals surface area contributed by atoms with E-state index in [1.807, 2.05) is 0 Å². The maximum absolute atomic E-state index is 13.5. The SMILES string of the molecule is Cn1cc2c(c1C(=O)Nc1ccc(F)c(C#N)c1)OCC(C(O)C1CC1)NS2. The van der Waals surface area contributed by atoms with Crippen LogP contribution in [0, 0.1) is 23.1 Å². The summed E-state index contributed by atoms with van der Waals surface area (Å²) in [7, 11) is 1.73. The smallest absolute Gasteiger partial charge is 0.276 e. The number of nitriles is 1. The molecule has 1 saturated carbocycles. The van der Waals surface area contributed by atoms with E-state index >= 15 is 0 Å². The summed E-state index contributed by atoms with van der Waals surface area (Å²) < 4.78 is 24.3. The average Bonchev–Trinajstić information content (AvgIpc) is 3.49. The summed E-state index contributed by atoms with van der Waals surface area (Å²) in [5.41, 5.74) is 0.490. The fourth-order valence-electron chi connectivity index (χ4n) is 3.21. The van der Waals surface area contributed by atoms with Gasteiger partial charge in [-0.25, -0.2) is 4.39 Å². The predicted molar refractivity (Wildman–Crippen MR) is 101 cm³/mol. The second-order valence-electron chi connectivity index (χ2n) is 7.01. The molecular weight excluding hydrogens is 383 g/mol. The molecule has 2 atom stereocenters. The summed E-state index contributed by atoms with van der Waals surface area (Å²) in [6.07, 6.45) is 3.34. The number of anilines is 1. The van der Waals surface area contributed by atoms with Gasteiger partial charge in [-0.3, -0.25) is 9.52 Å². The van der Waals surface area contributed by atoms with Gasteiger partial charge in [0.15, 0.2) is 11.4 Å². The zero-order valence-electron chi connectivity index (χ0n) is 15.1. The van der Waals surface area contributed by atoms with E-state index in [0.29, 0.717) is 23.0 Å². The van der Waals surface area contributed by atoms with Crippen molar-refractivity contribution in [1.82, 2.24) is 9.29 Å². The number of rotatable bonds is 4. The number of aryl methyl sites for hydroxylation is 1. The van der Waals surface area contributed by atoms with Gasteiger partial charge in [-0.2, -0.15) is 5.26 Å². The molecule has 2 aliphatic rings. The largest absolute Gasteiger partial charge is 0.488 e. The van der Waals surface area contributed by atoms with Crippen LogP contribution in [0.1, 0.15) is 28.9 Å². The fourth-order valence-corrected chi connectivity index (χ4v) is 4.16. The predicted octanol–water partition coefficient (Wildman–Crippen LogP) is 2.42. The monoisotopic (exact) mass is 402 g/mol. The molecule has 2 aromatic rings. The third-order valence-electron chi connectivity index (χ3n) is 4.91. The molecule has 1 aliphatic carbocycles. The number of nitrogens with one attached hydrogen (secondary N) is 2. The highest BCUT2D eigenvalue weighted by Gasteiger charge is 2.37. The Bertz CT molecular complexity index is 967. The molecule has 7 nitrogen and oxygen atoms in total. The molecule has 1 aromatic carbocycles. The first-order chi connectivity index (χ1) is 13.5. The molecule has 1 aliphatic heterocycles. The maximum atomic E-state index is 13.5. The first kappa shape index (κ1) is 18.8. The normalized spacial score (nSPS) is 19.7. The van der Waals surface area contributed by atoms with Crippen LogP contribution in [-0.2, 0) is 7.05 Å². The Morgan fingerprint density at radius 3 is 3.04 bits per heavy atom. The van der Waals surface area contributed by atoms with Crippen LogP contribution in [0.25, 0.3) is 0 Å². The van der Waals surface area contributed by atoms with Gasteiger partial charge in [0.25, 0.3) is 5.91 Å². The first-order valence-electron chi connectivity index (χ1n) is 8.91. The van der Waals surface area contributed by atoms with E-state index in [0.717, 1.165) is 23.8 Å². The molecule has 0 spiro atoms. The number of hydrogen-bond donors (Lipinski definition) is 3. The van der Waals surface area contributed by atoms with E-state index in [4.69, 9.17) is 10.00 Å². The molecular formula is C19H19FN4O3S. The number of aromatic nitrogens is 1. The van der Waals surface area contributed by atoms with E-state index < -0.39 is 17.8 Å². The number of amides is 1. The molecule has 2 unspecified atom stereocenters. The van der Waals surface area contributed by atoms with E-state index in [1.165, 1.54) is 24.1 Å². The number of benzene rings is 1. The van der Waals surface area contributed by atoms with Crippen molar-refractivity contribution in [3.63, 3.8) is 0 Å². The zero-order valence-corrected chi connectivity index (χ0v) is 15.9. The van der Waals surface area contributed by atoms with Crippen molar-refractivity contribution in [3.05, 3.63) is 41.5 Å². The molecule has 3 N–H and O–H groups in total. The van der Waals surface area contributed by atoms with Crippen molar-refractivity contribution in [2.75, 3.05) is 11.9 Å². The average molecular weight is 402 g/mol.